The van der Waals surface area contributed by atoms with Crippen molar-refractivity contribution in [1.29, 1.82) is 0 Å². The molecule has 3 N–H and O–H groups in total. The van der Waals surface area contributed by atoms with Gasteiger partial charge < -0.3 is 15.2 Å². The van der Waals surface area contributed by atoms with E-state index in [1.54, 1.807) is 24.3 Å². The maximum absolute atomic E-state index is 11.9. The van der Waals surface area contributed by atoms with E-state index in [2.05, 4.69) is 15.8 Å². The minimum atomic E-state index is -1.10. The van der Waals surface area contributed by atoms with Crippen LogP contribution in [-0.4, -0.2) is 41.9 Å². The molecule has 0 aliphatic heterocycles. The Hall–Kier alpha value is -2.41. The lowest BCUT2D eigenvalue weighted by atomic mass is 9.95. The number of rotatable bonds is 7. The summed E-state index contributed by atoms with van der Waals surface area (Å²) in [5.41, 5.74) is 2.97. The second kappa shape index (κ2) is 9.78. The van der Waals surface area contributed by atoms with Gasteiger partial charge in [0.1, 0.15) is 11.9 Å². The van der Waals surface area contributed by atoms with Crippen LogP contribution in [-0.2, 0) is 9.59 Å². The summed E-state index contributed by atoms with van der Waals surface area (Å²) in [7, 11) is 0. The molecule has 1 aliphatic carbocycles. The van der Waals surface area contributed by atoms with Gasteiger partial charge in [0.15, 0.2) is 6.61 Å². The van der Waals surface area contributed by atoms with Gasteiger partial charge in [-0.3, -0.25) is 9.59 Å². The maximum Gasteiger partial charge on any atom is 0.268 e. The highest BCUT2D eigenvalue weighted by molar-refractivity contribution is 5.84. The molecule has 1 fully saturated rings. The van der Waals surface area contributed by atoms with Crippen molar-refractivity contribution in [3.8, 4) is 5.75 Å². The molecule has 25 heavy (non-hydrogen) atoms. The summed E-state index contributed by atoms with van der Waals surface area (Å²) >= 11 is 0. The van der Waals surface area contributed by atoms with E-state index in [1.807, 2.05) is 0 Å². The standard InChI is InChI=1S/C18H25N3O4/c1-13(22)18(24)21-19-11-14-7-9-16(10-8-14)25-12-17(23)20-15-5-3-2-4-6-15/h7-11,13,15,22H,2-6,12H2,1H3,(H,20,23)(H,21,24)/b19-11-/t13-/m1/s1. The first-order chi connectivity index (χ1) is 12.0. The molecular weight excluding hydrogens is 322 g/mol. The molecule has 0 bridgehead atoms. The van der Waals surface area contributed by atoms with Crippen molar-refractivity contribution in [2.75, 3.05) is 6.61 Å². The van der Waals surface area contributed by atoms with Crippen molar-refractivity contribution in [3.05, 3.63) is 29.8 Å². The first-order valence-electron chi connectivity index (χ1n) is 8.58. The van der Waals surface area contributed by atoms with E-state index in [1.165, 1.54) is 32.4 Å². The lowest BCUT2D eigenvalue weighted by Gasteiger charge is -2.22. The maximum atomic E-state index is 11.9. The van der Waals surface area contributed by atoms with Crippen molar-refractivity contribution >= 4 is 18.0 Å². The van der Waals surface area contributed by atoms with Crippen molar-refractivity contribution in [1.82, 2.24) is 10.7 Å². The van der Waals surface area contributed by atoms with Crippen LogP contribution < -0.4 is 15.5 Å². The Kier molecular flexibility index (Phi) is 7.40. The third-order valence-corrected chi connectivity index (χ3v) is 3.99. The van der Waals surface area contributed by atoms with Gasteiger partial charge in [-0.1, -0.05) is 19.3 Å². The minimum absolute atomic E-state index is 0.00557. The number of nitrogens with one attached hydrogen (secondary N) is 2. The number of nitrogens with zero attached hydrogens (tertiary/aromatic N) is 1. The van der Waals surface area contributed by atoms with Crippen molar-refractivity contribution in [2.45, 2.75) is 51.2 Å². The zero-order valence-electron chi connectivity index (χ0n) is 14.4. The summed E-state index contributed by atoms with van der Waals surface area (Å²) in [6.45, 7) is 1.36. The summed E-state index contributed by atoms with van der Waals surface area (Å²) < 4.78 is 5.48. The first kappa shape index (κ1) is 18.9. The van der Waals surface area contributed by atoms with Gasteiger partial charge in [-0.05, 0) is 49.6 Å². The zero-order valence-corrected chi connectivity index (χ0v) is 14.4. The Labute approximate surface area is 147 Å². The lowest BCUT2D eigenvalue weighted by molar-refractivity contribution is -0.128. The van der Waals surface area contributed by atoms with Crippen molar-refractivity contribution in [2.24, 2.45) is 5.10 Å². The summed E-state index contributed by atoms with van der Waals surface area (Å²) in [5.74, 6) is -0.0810. The van der Waals surface area contributed by atoms with Gasteiger partial charge in [-0.2, -0.15) is 5.10 Å². The molecule has 1 aromatic carbocycles. The van der Waals surface area contributed by atoms with Gasteiger partial charge in [-0.15, -0.1) is 0 Å². The molecule has 0 unspecified atom stereocenters. The number of hydrogen-bond acceptors (Lipinski definition) is 5. The molecule has 1 saturated carbocycles. The number of hydrogen-bond donors (Lipinski definition) is 3. The smallest absolute Gasteiger partial charge is 0.268 e. The summed E-state index contributed by atoms with van der Waals surface area (Å²) in [5, 5.41) is 15.8. The molecule has 2 amide bonds. The zero-order chi connectivity index (χ0) is 18.1. The fraction of sp³-hybridized carbons (Fsp3) is 0.500. The number of benzene rings is 1. The normalized spacial score (nSPS) is 16.4. The Morgan fingerprint density at radius 3 is 2.60 bits per heavy atom. The average Bonchev–Trinajstić information content (AvgIpc) is 2.61. The van der Waals surface area contributed by atoms with E-state index >= 15 is 0 Å². The molecule has 2 rings (SSSR count). The molecular formula is C18H25N3O4. The van der Waals surface area contributed by atoms with Gasteiger partial charge in [0.25, 0.3) is 11.8 Å². The Bertz CT molecular complexity index is 593. The number of aliphatic hydroxyl groups is 1. The molecule has 0 aromatic heterocycles. The molecule has 7 heteroatoms. The minimum Gasteiger partial charge on any atom is -0.484 e. The van der Waals surface area contributed by atoms with Crippen LogP contribution in [0.25, 0.3) is 0 Å². The van der Waals surface area contributed by atoms with Crippen molar-refractivity contribution in [3.63, 3.8) is 0 Å². The Balaban J connectivity index is 1.73. The molecule has 0 spiro atoms. The quantitative estimate of drug-likeness (QED) is 0.512. The van der Waals surface area contributed by atoms with Crippen LogP contribution >= 0.6 is 0 Å². The Morgan fingerprint density at radius 2 is 1.96 bits per heavy atom. The highest BCUT2D eigenvalue weighted by Crippen LogP contribution is 2.17. The highest BCUT2D eigenvalue weighted by atomic mass is 16.5. The Morgan fingerprint density at radius 1 is 1.28 bits per heavy atom. The molecule has 0 saturated heterocycles. The van der Waals surface area contributed by atoms with Crippen LogP contribution in [0.15, 0.2) is 29.4 Å². The molecule has 136 valence electrons. The van der Waals surface area contributed by atoms with Crippen LogP contribution in [0.3, 0.4) is 0 Å². The molecule has 1 aromatic rings. The predicted molar refractivity (Wildman–Crippen MR) is 94.4 cm³/mol. The number of hydrazone groups is 1. The largest absolute Gasteiger partial charge is 0.484 e. The van der Waals surface area contributed by atoms with Crippen LogP contribution in [0.2, 0.25) is 0 Å². The first-order valence-corrected chi connectivity index (χ1v) is 8.58. The van der Waals surface area contributed by atoms with Gasteiger partial charge in [0, 0.05) is 6.04 Å². The van der Waals surface area contributed by atoms with Crippen molar-refractivity contribution < 1.29 is 19.4 Å². The van der Waals surface area contributed by atoms with Gasteiger partial charge in [0.05, 0.1) is 6.21 Å². The molecule has 7 nitrogen and oxygen atoms in total. The summed E-state index contributed by atoms with van der Waals surface area (Å²) in [6, 6.07) is 7.25. The van der Waals surface area contributed by atoms with E-state index in [0.29, 0.717) is 5.75 Å². The molecule has 0 heterocycles. The third-order valence-electron chi connectivity index (χ3n) is 3.99. The van der Waals surface area contributed by atoms with E-state index in [4.69, 9.17) is 9.84 Å². The van der Waals surface area contributed by atoms with Crippen LogP contribution in [0, 0.1) is 0 Å². The van der Waals surface area contributed by atoms with E-state index < -0.39 is 12.0 Å². The van der Waals surface area contributed by atoms with E-state index in [9.17, 15) is 9.59 Å². The van der Waals surface area contributed by atoms with E-state index in [-0.39, 0.29) is 18.6 Å². The van der Waals surface area contributed by atoms with Gasteiger partial charge >= 0.3 is 0 Å². The third kappa shape index (κ3) is 6.93. The fourth-order valence-electron chi connectivity index (χ4n) is 2.58. The fourth-order valence-corrected chi connectivity index (χ4v) is 2.58. The summed E-state index contributed by atoms with van der Waals surface area (Å²) in [4.78, 5) is 23.0. The number of aliphatic hydroxyl groups excluding tert-OH is 1. The lowest BCUT2D eigenvalue weighted by Crippen LogP contribution is -2.38. The van der Waals surface area contributed by atoms with Gasteiger partial charge in [-0.25, -0.2) is 5.43 Å². The van der Waals surface area contributed by atoms with Gasteiger partial charge in [0.2, 0.25) is 0 Å². The molecule has 1 aliphatic rings. The monoisotopic (exact) mass is 347 g/mol. The highest BCUT2D eigenvalue weighted by Gasteiger charge is 2.15. The molecule has 1 atom stereocenters. The number of carbonyl (C=O) groups is 2. The van der Waals surface area contributed by atoms with E-state index in [0.717, 1.165) is 18.4 Å². The second-order valence-electron chi connectivity index (χ2n) is 6.17. The average molecular weight is 347 g/mol. The van der Waals surface area contributed by atoms with Crippen LogP contribution in [0.1, 0.15) is 44.6 Å². The number of carbonyl (C=O) groups excluding carboxylic acids is 2. The summed E-state index contributed by atoms with van der Waals surface area (Å²) in [6.07, 6.45) is 6.05. The number of amides is 2. The number of ether oxygens (including phenoxy) is 1. The molecule has 0 radical (unpaired) electrons. The van der Waals surface area contributed by atoms with Crippen LogP contribution in [0.5, 0.6) is 5.75 Å². The topological polar surface area (TPSA) is 100 Å². The SMILES string of the molecule is C[C@@H](O)C(=O)N/N=C\c1ccc(OCC(=O)NC2CCCCC2)cc1. The second-order valence-corrected chi connectivity index (χ2v) is 6.17. The van der Waals surface area contributed by atoms with Crippen LogP contribution in [0.4, 0.5) is 0 Å². The predicted octanol–water partition coefficient (Wildman–Crippen LogP) is 1.35.